The third-order valence-corrected chi connectivity index (χ3v) is 5.04. The van der Waals surface area contributed by atoms with Gasteiger partial charge in [-0.2, -0.15) is 0 Å². The van der Waals surface area contributed by atoms with E-state index in [1.807, 2.05) is 36.3 Å². The molecular weight excluding hydrogens is 312 g/mol. The molecule has 1 saturated heterocycles. The Balaban J connectivity index is 1.66. The summed E-state index contributed by atoms with van der Waals surface area (Å²) in [5.41, 5.74) is 0.736. The van der Waals surface area contributed by atoms with E-state index in [1.165, 1.54) is 0 Å². The van der Waals surface area contributed by atoms with Crippen LogP contribution < -0.4 is 0 Å². The monoisotopic (exact) mass is 334 g/mol. The van der Waals surface area contributed by atoms with Gasteiger partial charge in [-0.15, -0.1) is 11.3 Å². The van der Waals surface area contributed by atoms with E-state index in [0.29, 0.717) is 24.8 Å². The van der Waals surface area contributed by atoms with Crippen molar-refractivity contribution in [3.63, 3.8) is 0 Å². The zero-order valence-electron chi connectivity index (χ0n) is 13.6. The number of carbonyl (C=O) groups is 1. The minimum atomic E-state index is 0.105. The van der Waals surface area contributed by atoms with Crippen LogP contribution in [0.2, 0.25) is 0 Å². The van der Waals surface area contributed by atoms with Crippen molar-refractivity contribution < 1.29 is 13.9 Å². The molecule has 0 spiro atoms. The summed E-state index contributed by atoms with van der Waals surface area (Å²) in [4.78, 5) is 20.0. The molecule has 0 radical (unpaired) electrons. The molecule has 0 unspecified atom stereocenters. The van der Waals surface area contributed by atoms with Gasteiger partial charge >= 0.3 is 0 Å². The summed E-state index contributed by atoms with van der Waals surface area (Å²) < 4.78 is 11.1. The summed E-state index contributed by atoms with van der Waals surface area (Å²) in [5.74, 6) is 1.89. The van der Waals surface area contributed by atoms with Gasteiger partial charge in [0.1, 0.15) is 5.76 Å². The lowest BCUT2D eigenvalue weighted by molar-refractivity contribution is -0.131. The Hall–Kier alpha value is -1.66. The molecule has 1 aliphatic rings. The highest BCUT2D eigenvalue weighted by Crippen LogP contribution is 2.26. The van der Waals surface area contributed by atoms with Gasteiger partial charge in [-0.3, -0.25) is 4.79 Å². The van der Waals surface area contributed by atoms with E-state index in [-0.39, 0.29) is 5.91 Å². The Morgan fingerprint density at radius 3 is 3.04 bits per heavy atom. The second-order valence-corrected chi connectivity index (χ2v) is 6.79. The molecule has 0 aromatic carbocycles. The van der Waals surface area contributed by atoms with Gasteiger partial charge in [0.2, 0.25) is 11.8 Å². The molecule has 0 N–H and O–H groups in total. The minimum Gasteiger partial charge on any atom is -0.440 e. The summed E-state index contributed by atoms with van der Waals surface area (Å²) in [7, 11) is 0. The van der Waals surface area contributed by atoms with Gasteiger partial charge in [0, 0.05) is 25.6 Å². The number of likely N-dealkylation sites (N-methyl/N-ethyl adjacent to an activating group) is 1. The molecular formula is C17H22N2O3S. The molecule has 3 heterocycles. The number of aromatic nitrogens is 1. The Morgan fingerprint density at radius 2 is 2.39 bits per heavy atom. The molecule has 0 bridgehead atoms. The van der Waals surface area contributed by atoms with Gasteiger partial charge in [0.15, 0.2) is 0 Å². The van der Waals surface area contributed by atoms with Crippen LogP contribution in [0.3, 0.4) is 0 Å². The first kappa shape index (κ1) is 16.2. The van der Waals surface area contributed by atoms with Crippen molar-refractivity contribution in [3.8, 4) is 10.8 Å². The van der Waals surface area contributed by atoms with Crippen LogP contribution >= 0.6 is 11.3 Å². The van der Waals surface area contributed by atoms with Crippen LogP contribution in [0.15, 0.2) is 21.9 Å². The van der Waals surface area contributed by atoms with Crippen molar-refractivity contribution >= 4 is 17.2 Å². The van der Waals surface area contributed by atoms with Crippen molar-refractivity contribution in [1.29, 1.82) is 0 Å². The molecule has 0 aliphatic carbocycles. The van der Waals surface area contributed by atoms with E-state index in [9.17, 15) is 4.79 Å². The van der Waals surface area contributed by atoms with Crippen LogP contribution in [0.25, 0.3) is 10.8 Å². The Labute approximate surface area is 140 Å². The zero-order valence-corrected chi connectivity index (χ0v) is 14.4. The molecule has 124 valence electrons. The van der Waals surface area contributed by atoms with Crippen molar-refractivity contribution in [2.75, 3.05) is 26.3 Å². The maximum absolute atomic E-state index is 12.6. The van der Waals surface area contributed by atoms with Crippen LogP contribution in [0.4, 0.5) is 0 Å². The summed E-state index contributed by atoms with van der Waals surface area (Å²) in [6, 6.07) is 3.94. The number of carbonyl (C=O) groups excluding carboxylic acids is 1. The molecule has 1 atom stereocenters. The van der Waals surface area contributed by atoms with Gasteiger partial charge in [0.05, 0.1) is 23.6 Å². The van der Waals surface area contributed by atoms with Gasteiger partial charge in [-0.05, 0) is 31.7 Å². The van der Waals surface area contributed by atoms with Crippen LogP contribution in [-0.4, -0.2) is 42.1 Å². The Morgan fingerprint density at radius 1 is 1.52 bits per heavy atom. The maximum atomic E-state index is 12.6. The number of thiophene rings is 1. The molecule has 0 saturated carbocycles. The highest BCUT2D eigenvalue weighted by Gasteiger charge is 2.23. The fraction of sp³-hybridized carbons (Fsp3) is 0.529. The van der Waals surface area contributed by atoms with Crippen LogP contribution in [0, 0.1) is 12.8 Å². The Kier molecular flexibility index (Phi) is 5.13. The summed E-state index contributed by atoms with van der Waals surface area (Å²) in [5, 5.41) is 1.99. The molecule has 1 aliphatic heterocycles. The summed E-state index contributed by atoms with van der Waals surface area (Å²) in [6.07, 6.45) is 1.33. The quantitative estimate of drug-likeness (QED) is 0.814. The van der Waals surface area contributed by atoms with Crippen molar-refractivity contribution in [3.05, 3.63) is 29.0 Å². The number of rotatable bonds is 6. The van der Waals surface area contributed by atoms with Crippen LogP contribution in [-0.2, 0) is 16.0 Å². The smallest absolute Gasteiger partial charge is 0.236 e. The van der Waals surface area contributed by atoms with Gasteiger partial charge in [-0.1, -0.05) is 6.07 Å². The second-order valence-electron chi connectivity index (χ2n) is 5.84. The average Bonchev–Trinajstić information content (AvgIpc) is 3.27. The first-order valence-electron chi connectivity index (χ1n) is 8.03. The van der Waals surface area contributed by atoms with E-state index in [2.05, 4.69) is 4.98 Å². The average molecular weight is 334 g/mol. The number of amides is 1. The first-order chi connectivity index (χ1) is 11.2. The van der Waals surface area contributed by atoms with E-state index in [0.717, 1.165) is 42.5 Å². The molecule has 3 rings (SSSR count). The topological polar surface area (TPSA) is 55.6 Å². The normalized spacial score (nSPS) is 17.6. The largest absolute Gasteiger partial charge is 0.440 e. The van der Waals surface area contributed by atoms with Crippen molar-refractivity contribution in [1.82, 2.24) is 9.88 Å². The fourth-order valence-electron chi connectivity index (χ4n) is 2.80. The maximum Gasteiger partial charge on any atom is 0.236 e. The summed E-state index contributed by atoms with van der Waals surface area (Å²) in [6.45, 7) is 6.93. The third kappa shape index (κ3) is 3.82. The van der Waals surface area contributed by atoms with E-state index >= 15 is 0 Å². The third-order valence-electron chi connectivity index (χ3n) is 4.18. The number of hydrogen-bond donors (Lipinski definition) is 0. The minimum absolute atomic E-state index is 0.105. The molecule has 2 aromatic heterocycles. The van der Waals surface area contributed by atoms with Crippen molar-refractivity contribution in [2.24, 2.45) is 5.92 Å². The lowest BCUT2D eigenvalue weighted by atomic mass is 10.1. The molecule has 5 nitrogen and oxygen atoms in total. The van der Waals surface area contributed by atoms with Gasteiger partial charge in [0.25, 0.3) is 0 Å². The van der Waals surface area contributed by atoms with Gasteiger partial charge < -0.3 is 14.1 Å². The number of aryl methyl sites for hydroxylation is 1. The lowest BCUT2D eigenvalue weighted by Gasteiger charge is -2.23. The predicted molar refractivity (Wildman–Crippen MR) is 89.4 cm³/mol. The van der Waals surface area contributed by atoms with E-state index in [4.69, 9.17) is 9.15 Å². The first-order valence-corrected chi connectivity index (χ1v) is 8.91. The second kappa shape index (κ2) is 7.27. The van der Waals surface area contributed by atoms with E-state index in [1.54, 1.807) is 11.3 Å². The Bertz CT molecular complexity index is 645. The molecule has 2 aromatic rings. The molecule has 1 fully saturated rings. The fourth-order valence-corrected chi connectivity index (χ4v) is 3.45. The highest BCUT2D eigenvalue weighted by atomic mass is 32.1. The number of hydrogen-bond acceptors (Lipinski definition) is 5. The van der Waals surface area contributed by atoms with Gasteiger partial charge in [-0.25, -0.2) is 4.98 Å². The number of oxazole rings is 1. The van der Waals surface area contributed by atoms with E-state index < -0.39 is 0 Å². The summed E-state index contributed by atoms with van der Waals surface area (Å²) >= 11 is 1.58. The zero-order chi connectivity index (χ0) is 16.2. The van der Waals surface area contributed by atoms with Crippen molar-refractivity contribution in [2.45, 2.75) is 26.7 Å². The highest BCUT2D eigenvalue weighted by molar-refractivity contribution is 7.13. The van der Waals surface area contributed by atoms with Crippen LogP contribution in [0.1, 0.15) is 24.8 Å². The standard InChI is InChI=1S/C17H22N2O3S/c1-3-19(10-13-6-7-21-11-13)16(20)9-14-12(2)22-17(18-14)15-5-4-8-23-15/h4-5,8,13H,3,6-7,9-11H2,1-2H3/t13-/m1/s1. The molecule has 1 amide bonds. The van der Waals surface area contributed by atoms with Crippen LogP contribution in [0.5, 0.6) is 0 Å². The molecule has 6 heteroatoms. The number of nitrogens with zero attached hydrogens (tertiary/aromatic N) is 2. The number of ether oxygens (including phenoxy) is 1. The predicted octanol–water partition coefficient (Wildman–Crippen LogP) is 3.14. The lowest BCUT2D eigenvalue weighted by Crippen LogP contribution is -2.36. The SMILES string of the molecule is CCN(C[C@H]1CCOC1)C(=O)Cc1nc(-c2cccs2)oc1C. The molecule has 23 heavy (non-hydrogen) atoms.